The summed E-state index contributed by atoms with van der Waals surface area (Å²) in [6, 6.07) is 0. The third kappa shape index (κ3) is 2.79. The van der Waals surface area contributed by atoms with Gasteiger partial charge in [0, 0.05) is 22.7 Å². The number of thiazole rings is 1. The van der Waals surface area contributed by atoms with Crippen LogP contribution in [-0.2, 0) is 17.8 Å². The average Bonchev–Trinajstić information content (AvgIpc) is 2.48. The van der Waals surface area contributed by atoms with Crippen LogP contribution in [0.15, 0.2) is 6.20 Å². The van der Waals surface area contributed by atoms with E-state index in [1.165, 1.54) is 16.2 Å². The fourth-order valence-corrected chi connectivity index (χ4v) is 1.53. The molecule has 0 N–H and O–H groups in total. The predicted octanol–water partition coefficient (Wildman–Crippen LogP) is 2.58. The molecule has 0 amide bonds. The zero-order valence-electron chi connectivity index (χ0n) is 6.54. The zero-order valence-corrected chi connectivity index (χ0v) is 8.11. The van der Waals surface area contributed by atoms with Crippen LogP contribution in [0.2, 0.25) is 0 Å². The van der Waals surface area contributed by atoms with E-state index in [4.69, 9.17) is 11.6 Å². The third-order valence-corrected chi connectivity index (χ3v) is 2.48. The van der Waals surface area contributed by atoms with Crippen LogP contribution in [0.4, 0.5) is 4.79 Å². The molecule has 0 radical (unpaired) electrons. The van der Waals surface area contributed by atoms with Gasteiger partial charge in [-0.15, -0.1) is 11.3 Å². The van der Waals surface area contributed by atoms with Crippen molar-refractivity contribution in [2.45, 2.75) is 20.0 Å². The molecule has 0 atom stereocenters. The molecule has 12 heavy (non-hydrogen) atoms. The maximum Gasteiger partial charge on any atom is 0.404 e. The summed E-state index contributed by atoms with van der Waals surface area (Å²) < 4.78 is 4.56. The molecule has 1 aromatic heterocycles. The first-order valence-electron chi connectivity index (χ1n) is 3.48. The van der Waals surface area contributed by atoms with Gasteiger partial charge in [-0.1, -0.05) is 6.92 Å². The predicted molar refractivity (Wildman–Crippen MR) is 47.5 cm³/mol. The van der Waals surface area contributed by atoms with Gasteiger partial charge < -0.3 is 4.74 Å². The Morgan fingerprint density at radius 1 is 1.83 bits per heavy atom. The quantitative estimate of drug-likeness (QED) is 0.712. The number of halogens is 1. The van der Waals surface area contributed by atoms with Gasteiger partial charge in [-0.25, -0.2) is 9.78 Å². The minimum absolute atomic E-state index is 0.174. The monoisotopic (exact) mass is 205 g/mol. The molecule has 5 heteroatoms. The molecule has 66 valence electrons. The molecule has 0 fully saturated rings. The van der Waals surface area contributed by atoms with Crippen molar-refractivity contribution in [1.82, 2.24) is 4.98 Å². The Bertz CT molecular complexity index is 274. The van der Waals surface area contributed by atoms with Crippen molar-refractivity contribution in [3.05, 3.63) is 16.1 Å². The summed E-state index contributed by atoms with van der Waals surface area (Å²) in [5.41, 5.74) is -0.789. The van der Waals surface area contributed by atoms with Crippen LogP contribution in [0, 0.1) is 0 Å². The highest BCUT2D eigenvalue weighted by molar-refractivity contribution is 7.11. The van der Waals surface area contributed by atoms with Crippen molar-refractivity contribution >= 4 is 28.4 Å². The molecule has 0 bridgehead atoms. The van der Waals surface area contributed by atoms with Crippen molar-refractivity contribution in [3.8, 4) is 0 Å². The van der Waals surface area contributed by atoms with Gasteiger partial charge in [-0.05, 0) is 6.42 Å². The number of rotatable bonds is 3. The SMILES string of the molecule is CCc1cnc(COC(=O)Cl)s1. The largest absolute Gasteiger partial charge is 0.446 e. The molecule has 0 saturated carbocycles. The molecule has 1 rings (SSSR count). The molecule has 0 aliphatic carbocycles. The highest BCUT2D eigenvalue weighted by Crippen LogP contribution is 2.14. The summed E-state index contributed by atoms with van der Waals surface area (Å²) in [4.78, 5) is 15.4. The summed E-state index contributed by atoms with van der Waals surface area (Å²) in [5, 5.41) is 0.779. The van der Waals surface area contributed by atoms with E-state index in [1.54, 1.807) is 6.20 Å². The third-order valence-electron chi connectivity index (χ3n) is 1.26. The topological polar surface area (TPSA) is 39.2 Å². The van der Waals surface area contributed by atoms with Crippen molar-refractivity contribution in [2.75, 3.05) is 0 Å². The number of nitrogens with zero attached hydrogens (tertiary/aromatic N) is 1. The molecule has 0 unspecified atom stereocenters. The molecule has 0 spiro atoms. The Morgan fingerprint density at radius 2 is 2.58 bits per heavy atom. The minimum Gasteiger partial charge on any atom is -0.446 e. The van der Waals surface area contributed by atoms with E-state index < -0.39 is 5.43 Å². The fraction of sp³-hybridized carbons (Fsp3) is 0.429. The van der Waals surface area contributed by atoms with Crippen molar-refractivity contribution in [2.24, 2.45) is 0 Å². The Morgan fingerprint density at radius 3 is 3.08 bits per heavy atom. The van der Waals surface area contributed by atoms with Crippen LogP contribution >= 0.6 is 22.9 Å². The second-order valence-electron chi connectivity index (χ2n) is 2.10. The van der Waals surface area contributed by atoms with Crippen molar-refractivity contribution in [3.63, 3.8) is 0 Å². The normalized spacial score (nSPS) is 9.83. The first-order valence-corrected chi connectivity index (χ1v) is 4.67. The second kappa shape index (κ2) is 4.42. The lowest BCUT2D eigenvalue weighted by molar-refractivity contribution is 0.167. The first kappa shape index (κ1) is 9.48. The van der Waals surface area contributed by atoms with Crippen LogP contribution in [-0.4, -0.2) is 10.4 Å². The molecule has 1 aromatic rings. The highest BCUT2D eigenvalue weighted by atomic mass is 35.5. The molecule has 0 aliphatic rings. The molecular formula is C7H8ClNO2S. The summed E-state index contributed by atoms with van der Waals surface area (Å²) in [6.07, 6.45) is 2.73. The molecule has 1 heterocycles. The van der Waals surface area contributed by atoms with Gasteiger partial charge in [0.15, 0.2) is 0 Å². The standard InChI is InChI=1S/C7H8ClNO2S/c1-2-5-3-9-6(12-5)4-11-7(8)10/h3H,2,4H2,1H3. The van der Waals surface area contributed by atoms with Gasteiger partial charge >= 0.3 is 5.43 Å². The summed E-state index contributed by atoms with van der Waals surface area (Å²) in [7, 11) is 0. The number of hydrogen-bond donors (Lipinski definition) is 0. The average molecular weight is 206 g/mol. The molecular weight excluding hydrogens is 198 g/mol. The Labute approximate surface area is 79.3 Å². The summed E-state index contributed by atoms with van der Waals surface area (Å²) in [6.45, 7) is 2.22. The Hall–Kier alpha value is -0.610. The number of aromatic nitrogens is 1. The molecule has 3 nitrogen and oxygen atoms in total. The van der Waals surface area contributed by atoms with Gasteiger partial charge in [0.25, 0.3) is 0 Å². The Kier molecular flexibility index (Phi) is 3.49. The minimum atomic E-state index is -0.789. The highest BCUT2D eigenvalue weighted by Gasteiger charge is 2.02. The number of hydrogen-bond acceptors (Lipinski definition) is 4. The zero-order chi connectivity index (χ0) is 8.97. The van der Waals surface area contributed by atoms with Crippen LogP contribution in [0.1, 0.15) is 16.8 Å². The smallest absolute Gasteiger partial charge is 0.404 e. The lowest BCUT2D eigenvalue weighted by Gasteiger charge is -1.93. The van der Waals surface area contributed by atoms with E-state index in [9.17, 15) is 4.79 Å². The first-order chi connectivity index (χ1) is 5.72. The van der Waals surface area contributed by atoms with Crippen LogP contribution < -0.4 is 0 Å². The molecule has 0 saturated heterocycles. The fourth-order valence-electron chi connectivity index (χ4n) is 0.697. The number of carbonyl (C=O) groups is 1. The number of carbonyl (C=O) groups excluding carboxylic acids is 1. The Balaban J connectivity index is 2.47. The van der Waals surface area contributed by atoms with Gasteiger partial charge in [-0.2, -0.15) is 0 Å². The summed E-state index contributed by atoms with van der Waals surface area (Å²) in [5.74, 6) is 0. The lowest BCUT2D eigenvalue weighted by Crippen LogP contribution is -1.93. The van der Waals surface area contributed by atoms with Gasteiger partial charge in [0.2, 0.25) is 0 Å². The maximum atomic E-state index is 10.2. The van der Waals surface area contributed by atoms with Gasteiger partial charge in [-0.3, -0.25) is 0 Å². The van der Waals surface area contributed by atoms with E-state index in [0.717, 1.165) is 11.4 Å². The van der Waals surface area contributed by atoms with E-state index in [1.807, 2.05) is 6.92 Å². The van der Waals surface area contributed by atoms with E-state index in [-0.39, 0.29) is 6.61 Å². The van der Waals surface area contributed by atoms with Crippen LogP contribution in [0.25, 0.3) is 0 Å². The maximum absolute atomic E-state index is 10.2. The van der Waals surface area contributed by atoms with Crippen molar-refractivity contribution < 1.29 is 9.53 Å². The molecule has 0 aromatic carbocycles. The van der Waals surface area contributed by atoms with Crippen LogP contribution in [0.3, 0.4) is 0 Å². The number of aryl methyl sites for hydroxylation is 1. The van der Waals surface area contributed by atoms with Crippen LogP contribution in [0.5, 0.6) is 0 Å². The second-order valence-corrected chi connectivity index (χ2v) is 3.61. The van der Waals surface area contributed by atoms with E-state index >= 15 is 0 Å². The molecule has 0 aliphatic heterocycles. The lowest BCUT2D eigenvalue weighted by atomic mass is 10.4. The van der Waals surface area contributed by atoms with Gasteiger partial charge in [0.05, 0.1) is 0 Å². The van der Waals surface area contributed by atoms with Crippen molar-refractivity contribution in [1.29, 1.82) is 0 Å². The van der Waals surface area contributed by atoms with E-state index in [2.05, 4.69) is 9.72 Å². The summed E-state index contributed by atoms with van der Waals surface area (Å²) >= 11 is 6.51. The van der Waals surface area contributed by atoms with Gasteiger partial charge in [0.1, 0.15) is 11.6 Å². The number of ether oxygens (including phenoxy) is 1. The van der Waals surface area contributed by atoms with E-state index in [0.29, 0.717) is 0 Å².